The van der Waals surface area contributed by atoms with Crippen LogP contribution in [-0.4, -0.2) is 12.6 Å². The second-order valence-corrected chi connectivity index (χ2v) is 4.41. The standard InChI is InChI=1S/C10H24N2/c1-7(2)10(6-11,8(3)4)9(5)12/h7-9H,6,11-12H2,1-5H3. The maximum absolute atomic E-state index is 6.00. The first-order valence-electron chi connectivity index (χ1n) is 4.85. The Hall–Kier alpha value is -0.0800. The highest BCUT2D eigenvalue weighted by Gasteiger charge is 2.39. The van der Waals surface area contributed by atoms with Crippen LogP contribution in [0, 0.1) is 17.3 Å². The van der Waals surface area contributed by atoms with Gasteiger partial charge in [-0.2, -0.15) is 0 Å². The van der Waals surface area contributed by atoms with Crippen molar-refractivity contribution in [2.45, 2.75) is 40.7 Å². The van der Waals surface area contributed by atoms with Crippen molar-refractivity contribution in [1.29, 1.82) is 0 Å². The van der Waals surface area contributed by atoms with E-state index >= 15 is 0 Å². The van der Waals surface area contributed by atoms with Gasteiger partial charge in [-0.25, -0.2) is 0 Å². The van der Waals surface area contributed by atoms with Crippen LogP contribution in [0.1, 0.15) is 34.6 Å². The lowest BCUT2D eigenvalue weighted by Gasteiger charge is -2.44. The Morgan fingerprint density at radius 2 is 1.33 bits per heavy atom. The molecule has 0 spiro atoms. The third-order valence-electron chi connectivity index (χ3n) is 3.35. The summed E-state index contributed by atoms with van der Waals surface area (Å²) in [6.07, 6.45) is 0. The summed E-state index contributed by atoms with van der Waals surface area (Å²) in [7, 11) is 0. The molecule has 0 aliphatic heterocycles. The normalized spacial score (nSPS) is 15.8. The lowest BCUT2D eigenvalue weighted by molar-refractivity contribution is 0.0921. The lowest BCUT2D eigenvalue weighted by Crippen LogP contribution is -2.52. The highest BCUT2D eigenvalue weighted by Crippen LogP contribution is 2.37. The van der Waals surface area contributed by atoms with Gasteiger partial charge in [0, 0.05) is 11.5 Å². The van der Waals surface area contributed by atoms with Gasteiger partial charge in [0.1, 0.15) is 0 Å². The topological polar surface area (TPSA) is 52.0 Å². The molecule has 0 saturated carbocycles. The Balaban J connectivity index is 4.77. The zero-order valence-corrected chi connectivity index (χ0v) is 9.09. The van der Waals surface area contributed by atoms with Crippen molar-refractivity contribution < 1.29 is 0 Å². The van der Waals surface area contributed by atoms with Crippen LogP contribution in [0.15, 0.2) is 0 Å². The summed E-state index contributed by atoms with van der Waals surface area (Å²) in [5.41, 5.74) is 11.9. The van der Waals surface area contributed by atoms with Gasteiger partial charge in [0.2, 0.25) is 0 Å². The fourth-order valence-corrected chi connectivity index (χ4v) is 2.38. The molecule has 0 aliphatic carbocycles. The molecular formula is C10H24N2. The van der Waals surface area contributed by atoms with Gasteiger partial charge in [-0.1, -0.05) is 27.7 Å². The summed E-state index contributed by atoms with van der Waals surface area (Å²) in [4.78, 5) is 0. The van der Waals surface area contributed by atoms with Crippen LogP contribution in [0.5, 0.6) is 0 Å². The lowest BCUT2D eigenvalue weighted by atomic mass is 9.65. The van der Waals surface area contributed by atoms with Gasteiger partial charge in [0.05, 0.1) is 0 Å². The largest absolute Gasteiger partial charge is 0.330 e. The predicted molar refractivity (Wildman–Crippen MR) is 54.8 cm³/mol. The van der Waals surface area contributed by atoms with Gasteiger partial charge in [0.15, 0.2) is 0 Å². The minimum atomic E-state index is 0.0972. The molecule has 0 amide bonds. The molecule has 74 valence electrons. The van der Waals surface area contributed by atoms with Crippen molar-refractivity contribution in [3.05, 3.63) is 0 Å². The van der Waals surface area contributed by atoms with Crippen LogP contribution in [0.2, 0.25) is 0 Å². The van der Waals surface area contributed by atoms with Crippen molar-refractivity contribution in [1.82, 2.24) is 0 Å². The molecule has 0 fully saturated rings. The average Bonchev–Trinajstić information content (AvgIpc) is 1.86. The summed E-state index contributed by atoms with van der Waals surface area (Å²) in [6, 6.07) is 0.169. The van der Waals surface area contributed by atoms with Crippen molar-refractivity contribution in [3.8, 4) is 0 Å². The summed E-state index contributed by atoms with van der Waals surface area (Å²) < 4.78 is 0. The summed E-state index contributed by atoms with van der Waals surface area (Å²) in [5, 5.41) is 0. The highest BCUT2D eigenvalue weighted by molar-refractivity contribution is 4.92. The molecule has 0 bridgehead atoms. The Labute approximate surface area is 76.7 Å². The maximum atomic E-state index is 6.00. The van der Waals surface area contributed by atoms with E-state index in [2.05, 4.69) is 34.6 Å². The van der Waals surface area contributed by atoms with Crippen molar-refractivity contribution >= 4 is 0 Å². The molecule has 12 heavy (non-hydrogen) atoms. The second-order valence-electron chi connectivity index (χ2n) is 4.41. The quantitative estimate of drug-likeness (QED) is 0.676. The van der Waals surface area contributed by atoms with Gasteiger partial charge in [0.25, 0.3) is 0 Å². The number of rotatable bonds is 4. The smallest absolute Gasteiger partial charge is 0.00840 e. The van der Waals surface area contributed by atoms with E-state index < -0.39 is 0 Å². The van der Waals surface area contributed by atoms with Crippen LogP contribution in [0.4, 0.5) is 0 Å². The molecule has 0 saturated heterocycles. The van der Waals surface area contributed by atoms with E-state index in [1.54, 1.807) is 0 Å². The molecule has 2 heteroatoms. The number of hydrogen-bond donors (Lipinski definition) is 2. The first-order chi connectivity index (χ1) is 5.39. The monoisotopic (exact) mass is 172 g/mol. The van der Waals surface area contributed by atoms with Gasteiger partial charge in [-0.3, -0.25) is 0 Å². The Morgan fingerprint density at radius 1 is 1.00 bits per heavy atom. The molecule has 1 atom stereocenters. The van der Waals surface area contributed by atoms with Crippen LogP contribution in [0.3, 0.4) is 0 Å². The first kappa shape index (κ1) is 11.9. The summed E-state index contributed by atoms with van der Waals surface area (Å²) in [6.45, 7) is 11.6. The van der Waals surface area contributed by atoms with E-state index in [0.717, 1.165) is 0 Å². The van der Waals surface area contributed by atoms with Crippen molar-refractivity contribution in [2.75, 3.05) is 6.54 Å². The SMILES string of the molecule is CC(C)C(CN)(C(C)C)C(C)N. The average molecular weight is 172 g/mol. The number of hydrogen-bond acceptors (Lipinski definition) is 2. The minimum absolute atomic E-state index is 0.0972. The van der Waals surface area contributed by atoms with Gasteiger partial charge in [-0.15, -0.1) is 0 Å². The van der Waals surface area contributed by atoms with E-state index in [0.29, 0.717) is 18.4 Å². The van der Waals surface area contributed by atoms with E-state index in [-0.39, 0.29) is 11.5 Å². The van der Waals surface area contributed by atoms with Crippen molar-refractivity contribution in [2.24, 2.45) is 28.7 Å². The fraction of sp³-hybridized carbons (Fsp3) is 1.00. The molecular weight excluding hydrogens is 148 g/mol. The molecule has 0 aromatic heterocycles. The number of nitrogens with two attached hydrogens (primary N) is 2. The molecule has 0 heterocycles. The van der Waals surface area contributed by atoms with Crippen molar-refractivity contribution in [3.63, 3.8) is 0 Å². The molecule has 2 nitrogen and oxygen atoms in total. The van der Waals surface area contributed by atoms with E-state index in [1.807, 2.05) is 0 Å². The maximum Gasteiger partial charge on any atom is 0.00840 e. The van der Waals surface area contributed by atoms with Crippen LogP contribution >= 0.6 is 0 Å². The van der Waals surface area contributed by atoms with Crippen LogP contribution in [0.25, 0.3) is 0 Å². The molecule has 1 unspecified atom stereocenters. The zero-order chi connectivity index (χ0) is 9.94. The van der Waals surface area contributed by atoms with Gasteiger partial charge >= 0.3 is 0 Å². The second kappa shape index (κ2) is 4.24. The third kappa shape index (κ3) is 1.80. The Kier molecular flexibility index (Phi) is 4.21. The fourth-order valence-electron chi connectivity index (χ4n) is 2.38. The Bertz CT molecular complexity index is 106. The first-order valence-corrected chi connectivity index (χ1v) is 4.85. The molecule has 0 radical (unpaired) electrons. The molecule has 4 N–H and O–H groups in total. The Morgan fingerprint density at radius 3 is 1.33 bits per heavy atom. The molecule has 0 aromatic carbocycles. The van der Waals surface area contributed by atoms with E-state index in [1.165, 1.54) is 0 Å². The molecule has 0 rings (SSSR count). The molecule has 0 aromatic rings. The third-order valence-corrected chi connectivity index (χ3v) is 3.35. The van der Waals surface area contributed by atoms with E-state index in [4.69, 9.17) is 11.5 Å². The predicted octanol–water partition coefficient (Wildman–Crippen LogP) is 1.59. The zero-order valence-electron chi connectivity index (χ0n) is 9.09. The summed E-state index contributed by atoms with van der Waals surface area (Å²) >= 11 is 0. The van der Waals surface area contributed by atoms with E-state index in [9.17, 15) is 0 Å². The highest BCUT2D eigenvalue weighted by atomic mass is 14.7. The van der Waals surface area contributed by atoms with Crippen LogP contribution < -0.4 is 11.5 Å². The van der Waals surface area contributed by atoms with Crippen LogP contribution in [-0.2, 0) is 0 Å². The minimum Gasteiger partial charge on any atom is -0.330 e. The van der Waals surface area contributed by atoms with Gasteiger partial charge < -0.3 is 11.5 Å². The summed E-state index contributed by atoms with van der Waals surface area (Å²) in [5.74, 6) is 1.09. The molecule has 0 aliphatic rings. The van der Waals surface area contributed by atoms with Gasteiger partial charge in [-0.05, 0) is 25.3 Å².